The molecule has 3 aliphatic heterocycles. The Labute approximate surface area is 207 Å². The molecule has 0 aromatic heterocycles. The van der Waals surface area contributed by atoms with Crippen LogP contribution in [0.4, 0.5) is 0 Å². The SMILES string of the molecule is O=C(NN1CCSCC1)c1cc(C(=O)NN2CCSCC2)cc(C(=O)NN2CCSCC2)c1. The number of hydrogen-bond acceptors (Lipinski definition) is 9. The van der Waals surface area contributed by atoms with E-state index in [1.807, 2.05) is 50.3 Å². The lowest BCUT2D eigenvalue weighted by Gasteiger charge is -2.28. The van der Waals surface area contributed by atoms with Gasteiger partial charge in [-0.05, 0) is 18.2 Å². The van der Waals surface area contributed by atoms with Gasteiger partial charge in [0.25, 0.3) is 17.7 Å². The van der Waals surface area contributed by atoms with Gasteiger partial charge in [-0.15, -0.1) is 0 Å². The Bertz CT molecular complexity index is 734. The number of carbonyl (C=O) groups is 3. The molecule has 12 heteroatoms. The van der Waals surface area contributed by atoms with E-state index in [9.17, 15) is 14.4 Å². The first-order valence-electron chi connectivity index (χ1n) is 11.1. The van der Waals surface area contributed by atoms with Gasteiger partial charge in [-0.2, -0.15) is 35.3 Å². The first kappa shape index (κ1) is 24.7. The number of thioether (sulfide) groups is 3. The highest BCUT2D eigenvalue weighted by Gasteiger charge is 2.22. The Balaban J connectivity index is 1.52. The zero-order chi connectivity index (χ0) is 23.0. The Morgan fingerprint density at radius 3 is 1.00 bits per heavy atom. The summed E-state index contributed by atoms with van der Waals surface area (Å²) in [6.07, 6.45) is 0. The summed E-state index contributed by atoms with van der Waals surface area (Å²) in [6.45, 7) is 4.61. The van der Waals surface area contributed by atoms with Gasteiger partial charge < -0.3 is 0 Å². The molecule has 0 aliphatic carbocycles. The molecule has 1 aromatic carbocycles. The van der Waals surface area contributed by atoms with Gasteiger partial charge in [0.1, 0.15) is 0 Å². The number of benzene rings is 1. The van der Waals surface area contributed by atoms with Crippen LogP contribution in [0.3, 0.4) is 0 Å². The maximum absolute atomic E-state index is 13.0. The fraction of sp³-hybridized carbons (Fsp3) is 0.571. The van der Waals surface area contributed by atoms with Gasteiger partial charge in [-0.25, -0.2) is 15.0 Å². The fourth-order valence-electron chi connectivity index (χ4n) is 3.67. The van der Waals surface area contributed by atoms with Crippen molar-refractivity contribution >= 4 is 53.0 Å². The number of hydrazine groups is 3. The molecule has 3 fully saturated rings. The smallest absolute Gasteiger partial charge is 0.265 e. The van der Waals surface area contributed by atoms with Crippen molar-refractivity contribution < 1.29 is 14.4 Å². The molecule has 1 aromatic rings. The highest BCUT2D eigenvalue weighted by Crippen LogP contribution is 2.15. The monoisotopic (exact) mass is 510 g/mol. The third-order valence-electron chi connectivity index (χ3n) is 5.53. The van der Waals surface area contributed by atoms with Crippen LogP contribution in [-0.2, 0) is 0 Å². The number of amides is 3. The van der Waals surface area contributed by atoms with Gasteiger partial charge in [0.05, 0.1) is 0 Å². The number of carbonyl (C=O) groups excluding carboxylic acids is 3. The fourth-order valence-corrected chi connectivity index (χ4v) is 6.38. The number of nitrogens with one attached hydrogen (secondary N) is 3. The van der Waals surface area contributed by atoms with Gasteiger partial charge in [-0.1, -0.05) is 0 Å². The Morgan fingerprint density at radius 1 is 0.515 bits per heavy atom. The largest absolute Gasteiger partial charge is 0.285 e. The van der Waals surface area contributed by atoms with Crippen molar-refractivity contribution in [1.82, 2.24) is 31.3 Å². The lowest BCUT2D eigenvalue weighted by molar-refractivity contribution is 0.0804. The molecule has 3 N–H and O–H groups in total. The average molecular weight is 511 g/mol. The summed E-state index contributed by atoms with van der Waals surface area (Å²) in [6, 6.07) is 4.70. The van der Waals surface area contributed by atoms with Crippen LogP contribution in [0.1, 0.15) is 31.1 Å². The summed E-state index contributed by atoms with van der Waals surface area (Å²) >= 11 is 5.57. The molecule has 180 valence electrons. The van der Waals surface area contributed by atoms with E-state index in [2.05, 4.69) is 16.3 Å². The molecular weight excluding hydrogens is 480 g/mol. The van der Waals surface area contributed by atoms with Crippen molar-refractivity contribution in [2.24, 2.45) is 0 Å². The highest BCUT2D eigenvalue weighted by molar-refractivity contribution is 7.99. The molecule has 0 bridgehead atoms. The highest BCUT2D eigenvalue weighted by atomic mass is 32.2. The van der Waals surface area contributed by atoms with E-state index < -0.39 is 0 Å². The van der Waals surface area contributed by atoms with Crippen LogP contribution in [0, 0.1) is 0 Å². The average Bonchev–Trinajstić information content (AvgIpc) is 2.85. The number of rotatable bonds is 6. The third kappa shape index (κ3) is 7.27. The maximum atomic E-state index is 13.0. The van der Waals surface area contributed by atoms with Crippen LogP contribution in [0.5, 0.6) is 0 Å². The molecule has 0 radical (unpaired) electrons. The van der Waals surface area contributed by atoms with Crippen LogP contribution >= 0.6 is 35.3 Å². The van der Waals surface area contributed by atoms with Crippen LogP contribution in [0.15, 0.2) is 18.2 Å². The van der Waals surface area contributed by atoms with Crippen molar-refractivity contribution in [3.05, 3.63) is 34.9 Å². The minimum Gasteiger partial charge on any atom is -0.285 e. The summed E-state index contributed by atoms with van der Waals surface area (Å²) in [4.78, 5) is 39.0. The topological polar surface area (TPSA) is 97.0 Å². The van der Waals surface area contributed by atoms with Crippen LogP contribution in [-0.4, -0.2) is 107 Å². The first-order valence-corrected chi connectivity index (χ1v) is 14.6. The summed E-state index contributed by atoms with van der Waals surface area (Å²) in [5.41, 5.74) is 9.67. The third-order valence-corrected chi connectivity index (χ3v) is 8.36. The molecule has 0 unspecified atom stereocenters. The molecule has 0 saturated carbocycles. The van der Waals surface area contributed by atoms with E-state index in [0.29, 0.717) is 16.7 Å². The van der Waals surface area contributed by atoms with E-state index in [0.717, 1.165) is 73.8 Å². The molecular formula is C21H30N6O3S3. The molecule has 33 heavy (non-hydrogen) atoms. The summed E-state index contributed by atoms with van der Waals surface area (Å²) in [5.74, 6) is 4.81. The minimum absolute atomic E-state index is 0.300. The summed E-state index contributed by atoms with van der Waals surface area (Å²) in [5, 5.41) is 5.67. The predicted molar refractivity (Wildman–Crippen MR) is 136 cm³/mol. The summed E-state index contributed by atoms with van der Waals surface area (Å²) in [7, 11) is 0. The van der Waals surface area contributed by atoms with E-state index >= 15 is 0 Å². The van der Waals surface area contributed by atoms with Gasteiger partial charge in [0.2, 0.25) is 0 Å². The normalized spacial score (nSPS) is 20.7. The van der Waals surface area contributed by atoms with Crippen molar-refractivity contribution in [3.63, 3.8) is 0 Å². The minimum atomic E-state index is -0.311. The second-order valence-corrected chi connectivity index (χ2v) is 11.6. The molecule has 3 amide bonds. The Morgan fingerprint density at radius 2 is 0.758 bits per heavy atom. The lowest BCUT2D eigenvalue weighted by Crippen LogP contribution is -2.48. The predicted octanol–water partition coefficient (Wildman–Crippen LogP) is 0.767. The van der Waals surface area contributed by atoms with Crippen molar-refractivity contribution in [3.8, 4) is 0 Å². The molecule has 0 spiro atoms. The Kier molecular flexibility index (Phi) is 9.21. The maximum Gasteiger partial charge on any atom is 0.265 e. The van der Waals surface area contributed by atoms with Gasteiger partial charge in [0.15, 0.2) is 0 Å². The second kappa shape index (κ2) is 12.3. The molecule has 3 aliphatic rings. The van der Waals surface area contributed by atoms with E-state index in [1.165, 1.54) is 0 Å². The zero-order valence-electron chi connectivity index (χ0n) is 18.5. The first-order chi connectivity index (χ1) is 16.1. The molecule has 9 nitrogen and oxygen atoms in total. The lowest BCUT2D eigenvalue weighted by atomic mass is 10.0. The van der Waals surface area contributed by atoms with Crippen LogP contribution in [0.2, 0.25) is 0 Å². The number of nitrogens with zero attached hydrogens (tertiary/aromatic N) is 3. The van der Waals surface area contributed by atoms with Gasteiger partial charge >= 0.3 is 0 Å². The van der Waals surface area contributed by atoms with Crippen molar-refractivity contribution in [2.45, 2.75) is 0 Å². The quantitative estimate of drug-likeness (QED) is 0.513. The van der Waals surface area contributed by atoms with E-state index in [4.69, 9.17) is 0 Å². The molecule has 4 rings (SSSR count). The standard InChI is InChI=1S/C21H30N6O3S3/c28-19(22-25-1-7-31-8-2-25)16-13-17(20(29)23-26-3-9-32-10-4-26)15-18(14-16)21(30)24-27-5-11-33-12-6-27/h13-15H,1-12H2,(H,22,28)(H,23,29)(H,24,30). The van der Waals surface area contributed by atoms with Gasteiger partial charge in [-0.3, -0.25) is 30.7 Å². The van der Waals surface area contributed by atoms with Gasteiger partial charge in [0, 0.05) is 90.5 Å². The van der Waals surface area contributed by atoms with Crippen LogP contribution in [0.25, 0.3) is 0 Å². The zero-order valence-corrected chi connectivity index (χ0v) is 21.0. The molecule has 3 saturated heterocycles. The van der Waals surface area contributed by atoms with Crippen molar-refractivity contribution in [1.29, 1.82) is 0 Å². The van der Waals surface area contributed by atoms with Crippen LogP contribution < -0.4 is 16.3 Å². The summed E-state index contributed by atoms with van der Waals surface area (Å²) < 4.78 is 0. The van der Waals surface area contributed by atoms with Crippen molar-refractivity contribution in [2.75, 3.05) is 73.8 Å². The van der Waals surface area contributed by atoms with E-state index in [1.54, 1.807) is 18.2 Å². The molecule has 0 atom stereocenters. The second-order valence-electron chi connectivity index (χ2n) is 7.92. The van der Waals surface area contributed by atoms with E-state index in [-0.39, 0.29) is 17.7 Å². The molecule has 3 heterocycles. The Hall–Kier alpha value is -1.44. The number of hydrogen-bond donors (Lipinski definition) is 3.